The molecule has 2 rings (SSSR count). The van der Waals surface area contributed by atoms with Crippen LogP contribution in [0, 0.1) is 0 Å². The van der Waals surface area contributed by atoms with Crippen LogP contribution in [0.15, 0.2) is 61.2 Å². The normalized spacial score (nSPS) is 10.1. The Morgan fingerprint density at radius 2 is 1.74 bits per heavy atom. The van der Waals surface area contributed by atoms with E-state index in [9.17, 15) is 0 Å². The summed E-state index contributed by atoms with van der Waals surface area (Å²) in [7, 11) is 0. The second-order valence-corrected chi connectivity index (χ2v) is 5.63. The van der Waals surface area contributed by atoms with E-state index >= 15 is 0 Å². The van der Waals surface area contributed by atoms with Gasteiger partial charge in [0.25, 0.3) is 0 Å². The zero-order chi connectivity index (χ0) is 13.8. The SMILES string of the molecule is C=CC(=C)C.CC(C)(C)c1c[cH-]c2ccccc12.[Zr]. The van der Waals surface area contributed by atoms with Crippen molar-refractivity contribution in [1.29, 1.82) is 0 Å². The molecule has 0 radical (unpaired) electrons. The van der Waals surface area contributed by atoms with Crippen LogP contribution in [0.2, 0.25) is 0 Å². The first kappa shape index (κ1) is 18.2. The fourth-order valence-electron chi connectivity index (χ4n) is 1.80. The van der Waals surface area contributed by atoms with Crippen molar-refractivity contribution in [3.8, 4) is 0 Å². The van der Waals surface area contributed by atoms with Crippen LogP contribution in [0.5, 0.6) is 0 Å². The molecule has 0 bridgehead atoms. The van der Waals surface area contributed by atoms with Crippen LogP contribution >= 0.6 is 0 Å². The second-order valence-electron chi connectivity index (χ2n) is 5.63. The number of benzene rings is 1. The van der Waals surface area contributed by atoms with Crippen molar-refractivity contribution in [2.75, 3.05) is 0 Å². The monoisotopic (exact) mass is 329 g/mol. The summed E-state index contributed by atoms with van der Waals surface area (Å²) in [6.45, 7) is 15.7. The third-order valence-electron chi connectivity index (χ3n) is 2.84. The van der Waals surface area contributed by atoms with Crippen LogP contribution in [0.4, 0.5) is 0 Å². The van der Waals surface area contributed by atoms with E-state index in [4.69, 9.17) is 0 Å². The fourth-order valence-corrected chi connectivity index (χ4v) is 1.80. The first-order valence-corrected chi connectivity index (χ1v) is 6.29. The van der Waals surface area contributed by atoms with Gasteiger partial charge in [0.05, 0.1) is 0 Å². The molecule has 0 atom stereocenters. The zero-order valence-corrected chi connectivity index (χ0v) is 14.9. The Morgan fingerprint density at radius 1 is 1.21 bits per heavy atom. The van der Waals surface area contributed by atoms with Crippen LogP contribution < -0.4 is 0 Å². The summed E-state index contributed by atoms with van der Waals surface area (Å²) in [5, 5.41) is 2.75. The zero-order valence-electron chi connectivity index (χ0n) is 12.5. The number of fused-ring (bicyclic) bond motifs is 1. The van der Waals surface area contributed by atoms with Crippen LogP contribution in [0.1, 0.15) is 33.3 Å². The van der Waals surface area contributed by atoms with Crippen molar-refractivity contribution >= 4 is 10.8 Å². The van der Waals surface area contributed by atoms with Gasteiger partial charge in [-0.1, -0.05) is 57.1 Å². The van der Waals surface area contributed by atoms with Crippen LogP contribution in [0.3, 0.4) is 0 Å². The Hall–Kier alpha value is -0.807. The Labute approximate surface area is 136 Å². The molecule has 0 saturated heterocycles. The molecule has 0 N–H and O–H groups in total. The summed E-state index contributed by atoms with van der Waals surface area (Å²) < 4.78 is 0. The molecule has 0 aliphatic carbocycles. The van der Waals surface area contributed by atoms with Gasteiger partial charge >= 0.3 is 0 Å². The van der Waals surface area contributed by atoms with Gasteiger partial charge < -0.3 is 0 Å². The van der Waals surface area contributed by atoms with Gasteiger partial charge in [-0.2, -0.15) is 0 Å². The van der Waals surface area contributed by atoms with Gasteiger partial charge in [-0.15, -0.1) is 46.7 Å². The molecule has 0 nitrogen and oxygen atoms in total. The molecule has 0 aliphatic rings. The molecule has 0 fully saturated rings. The summed E-state index contributed by atoms with van der Waals surface area (Å²) in [5.74, 6) is 0. The first-order valence-electron chi connectivity index (χ1n) is 6.29. The van der Waals surface area contributed by atoms with Gasteiger partial charge in [-0.3, -0.25) is 0 Å². The van der Waals surface area contributed by atoms with E-state index in [1.807, 2.05) is 6.92 Å². The number of rotatable bonds is 1. The van der Waals surface area contributed by atoms with Crippen molar-refractivity contribution in [2.24, 2.45) is 0 Å². The van der Waals surface area contributed by atoms with Gasteiger partial charge in [-0.05, 0) is 6.92 Å². The molecule has 0 spiro atoms. The molecule has 0 saturated carbocycles. The maximum atomic E-state index is 3.56. The van der Waals surface area contributed by atoms with Gasteiger partial charge in [0.1, 0.15) is 0 Å². The summed E-state index contributed by atoms with van der Waals surface area (Å²) in [6, 6.07) is 13.0. The Balaban J connectivity index is 0.000000471. The van der Waals surface area contributed by atoms with Crippen molar-refractivity contribution in [1.82, 2.24) is 0 Å². The average molecular weight is 331 g/mol. The minimum atomic E-state index is 0. The van der Waals surface area contributed by atoms with E-state index in [0.717, 1.165) is 5.57 Å². The minimum absolute atomic E-state index is 0. The van der Waals surface area contributed by atoms with E-state index in [0.29, 0.717) is 0 Å². The molecular formula is C18H23Zr-. The number of hydrogen-bond donors (Lipinski definition) is 0. The largest absolute Gasteiger partial charge is 0.150 e. The van der Waals surface area contributed by atoms with E-state index in [1.165, 1.54) is 16.3 Å². The number of allylic oxidation sites excluding steroid dienone is 2. The van der Waals surface area contributed by atoms with Crippen LogP contribution in [-0.2, 0) is 31.6 Å². The van der Waals surface area contributed by atoms with Gasteiger partial charge in [0.2, 0.25) is 0 Å². The maximum Gasteiger partial charge on any atom is 0 e. The standard InChI is InChI=1S/C13H15.C5H8.Zr/c1-13(2,3)12-9-8-10-6-4-5-7-11(10)12;1-4-5(2)3;/h4-9H,1-3H3;4H,1-2H2,3H3;/q-1;;. The molecule has 0 unspecified atom stereocenters. The number of hydrogen-bond acceptors (Lipinski definition) is 0. The molecule has 0 aromatic heterocycles. The third kappa shape index (κ3) is 5.37. The maximum absolute atomic E-state index is 3.56. The molecule has 0 amide bonds. The predicted molar refractivity (Wildman–Crippen MR) is 83.3 cm³/mol. The van der Waals surface area contributed by atoms with E-state index in [2.05, 4.69) is 70.3 Å². The summed E-state index contributed by atoms with van der Waals surface area (Å²) >= 11 is 0. The van der Waals surface area contributed by atoms with Gasteiger partial charge in [0, 0.05) is 26.2 Å². The topological polar surface area (TPSA) is 0 Å². The summed E-state index contributed by atoms with van der Waals surface area (Å²) in [6.07, 6.45) is 1.72. The van der Waals surface area contributed by atoms with Crippen LogP contribution in [0.25, 0.3) is 10.8 Å². The van der Waals surface area contributed by atoms with Crippen molar-refractivity contribution in [3.05, 3.63) is 66.8 Å². The molecule has 100 valence electrons. The van der Waals surface area contributed by atoms with E-state index in [1.54, 1.807) is 6.08 Å². The van der Waals surface area contributed by atoms with Crippen molar-refractivity contribution < 1.29 is 26.2 Å². The fraction of sp³-hybridized carbons (Fsp3) is 0.278. The van der Waals surface area contributed by atoms with Crippen molar-refractivity contribution in [3.63, 3.8) is 0 Å². The smallest absolute Gasteiger partial charge is 0 e. The quantitative estimate of drug-likeness (QED) is 0.471. The second kappa shape index (κ2) is 7.70. The summed E-state index contributed by atoms with van der Waals surface area (Å²) in [4.78, 5) is 0. The molecule has 2 aromatic rings. The Kier molecular flexibility index (Phi) is 7.38. The predicted octanol–water partition coefficient (Wildman–Crippen LogP) is 5.60. The molecule has 0 heterocycles. The molecular weight excluding hydrogens is 307 g/mol. The first-order chi connectivity index (χ1) is 8.36. The Bertz CT molecular complexity index is 538. The molecule has 2 aromatic carbocycles. The van der Waals surface area contributed by atoms with E-state index < -0.39 is 0 Å². The van der Waals surface area contributed by atoms with Crippen molar-refractivity contribution in [2.45, 2.75) is 33.1 Å². The molecule has 0 aliphatic heterocycles. The van der Waals surface area contributed by atoms with E-state index in [-0.39, 0.29) is 31.6 Å². The van der Waals surface area contributed by atoms with Gasteiger partial charge in [0.15, 0.2) is 0 Å². The Morgan fingerprint density at radius 3 is 2.21 bits per heavy atom. The van der Waals surface area contributed by atoms with Crippen LogP contribution in [-0.4, -0.2) is 0 Å². The van der Waals surface area contributed by atoms with Gasteiger partial charge in [-0.25, -0.2) is 0 Å². The molecule has 1 heteroatoms. The molecule has 19 heavy (non-hydrogen) atoms. The average Bonchev–Trinajstić information content (AvgIpc) is 2.73. The summed E-state index contributed by atoms with van der Waals surface area (Å²) in [5.41, 5.74) is 2.72. The third-order valence-corrected chi connectivity index (χ3v) is 2.84. The minimum Gasteiger partial charge on any atom is -0.150 e.